The molecular weight excluding hydrogens is 232 g/mol. The molecule has 0 radical (unpaired) electrons. The summed E-state index contributed by atoms with van der Waals surface area (Å²) >= 11 is 0. The molecule has 1 N–H and O–H groups in total. The molecule has 0 aliphatic carbocycles. The molecule has 0 heterocycles. The molecule has 1 aromatic rings. The molecular formula is C18H30O. The van der Waals surface area contributed by atoms with Crippen LogP contribution in [-0.2, 0) is 5.41 Å². The van der Waals surface area contributed by atoms with E-state index in [1.807, 2.05) is 0 Å². The quantitative estimate of drug-likeness (QED) is 0.842. The molecule has 1 aromatic carbocycles. The maximum absolute atomic E-state index is 10.6. The topological polar surface area (TPSA) is 20.2 Å². The van der Waals surface area contributed by atoms with Crippen molar-refractivity contribution in [3.05, 3.63) is 34.9 Å². The zero-order chi connectivity index (χ0) is 15.0. The highest BCUT2D eigenvalue weighted by molar-refractivity contribution is 5.34. The van der Waals surface area contributed by atoms with Crippen molar-refractivity contribution < 1.29 is 5.11 Å². The van der Waals surface area contributed by atoms with Crippen molar-refractivity contribution in [2.45, 2.75) is 66.9 Å². The standard InChI is InChI=1S/C18H30O/c1-12-9-10-15(11-13(12)2)18(7,8)14(3)16(19)17(4,5)6/h9-11,14,16,19H,1-8H3. The second kappa shape index (κ2) is 5.28. The molecule has 19 heavy (non-hydrogen) atoms. The first-order chi connectivity index (χ1) is 8.48. The van der Waals surface area contributed by atoms with E-state index in [-0.39, 0.29) is 22.9 Å². The Morgan fingerprint density at radius 1 is 0.947 bits per heavy atom. The minimum atomic E-state index is -0.316. The lowest BCUT2D eigenvalue weighted by Crippen LogP contribution is -2.42. The van der Waals surface area contributed by atoms with Gasteiger partial charge in [0, 0.05) is 0 Å². The van der Waals surface area contributed by atoms with Gasteiger partial charge in [-0.3, -0.25) is 0 Å². The fourth-order valence-corrected chi connectivity index (χ4v) is 2.55. The van der Waals surface area contributed by atoms with E-state index in [0.717, 1.165) is 0 Å². The van der Waals surface area contributed by atoms with Crippen LogP contribution < -0.4 is 0 Å². The fraction of sp³-hybridized carbons (Fsp3) is 0.667. The van der Waals surface area contributed by atoms with Gasteiger partial charge in [-0.25, -0.2) is 0 Å². The van der Waals surface area contributed by atoms with Gasteiger partial charge in [0.2, 0.25) is 0 Å². The van der Waals surface area contributed by atoms with Crippen LogP contribution in [0.15, 0.2) is 18.2 Å². The Labute approximate surface area is 119 Å². The highest BCUT2D eigenvalue weighted by atomic mass is 16.3. The largest absolute Gasteiger partial charge is 0.392 e. The minimum absolute atomic E-state index is 0.0366. The third-order valence-corrected chi connectivity index (χ3v) is 4.75. The third-order valence-electron chi connectivity index (χ3n) is 4.75. The molecule has 0 amide bonds. The summed E-state index contributed by atoms with van der Waals surface area (Å²) < 4.78 is 0. The number of hydrogen-bond donors (Lipinski definition) is 1. The molecule has 0 aromatic heterocycles. The zero-order valence-corrected chi connectivity index (χ0v) is 13.8. The van der Waals surface area contributed by atoms with Crippen molar-refractivity contribution in [1.29, 1.82) is 0 Å². The zero-order valence-electron chi connectivity index (χ0n) is 13.8. The monoisotopic (exact) mass is 262 g/mol. The molecule has 1 heteroatoms. The van der Waals surface area contributed by atoms with E-state index in [1.165, 1.54) is 16.7 Å². The van der Waals surface area contributed by atoms with Gasteiger partial charge in [0.15, 0.2) is 0 Å². The van der Waals surface area contributed by atoms with E-state index in [0.29, 0.717) is 0 Å². The molecule has 0 saturated carbocycles. The van der Waals surface area contributed by atoms with Crippen LogP contribution in [0.5, 0.6) is 0 Å². The molecule has 0 saturated heterocycles. The number of aryl methyl sites for hydroxylation is 2. The molecule has 0 bridgehead atoms. The van der Waals surface area contributed by atoms with Gasteiger partial charge in [-0.1, -0.05) is 59.7 Å². The Bertz CT molecular complexity index is 437. The van der Waals surface area contributed by atoms with E-state index in [2.05, 4.69) is 73.6 Å². The van der Waals surface area contributed by atoms with E-state index < -0.39 is 0 Å². The van der Waals surface area contributed by atoms with Crippen LogP contribution in [0.25, 0.3) is 0 Å². The van der Waals surface area contributed by atoms with Crippen LogP contribution in [0.2, 0.25) is 0 Å². The smallest absolute Gasteiger partial charge is 0.0622 e. The maximum atomic E-state index is 10.6. The van der Waals surface area contributed by atoms with Crippen LogP contribution in [0.3, 0.4) is 0 Å². The molecule has 2 atom stereocenters. The van der Waals surface area contributed by atoms with Gasteiger partial charge in [-0.05, 0) is 47.3 Å². The van der Waals surface area contributed by atoms with Crippen LogP contribution in [0.4, 0.5) is 0 Å². The van der Waals surface area contributed by atoms with Gasteiger partial charge in [0.25, 0.3) is 0 Å². The van der Waals surface area contributed by atoms with Gasteiger partial charge in [-0.2, -0.15) is 0 Å². The molecule has 0 fully saturated rings. The molecule has 1 nitrogen and oxygen atoms in total. The van der Waals surface area contributed by atoms with Crippen molar-refractivity contribution in [3.8, 4) is 0 Å². The second-order valence-corrected chi connectivity index (χ2v) is 7.62. The minimum Gasteiger partial charge on any atom is -0.392 e. The van der Waals surface area contributed by atoms with Crippen LogP contribution in [0, 0.1) is 25.2 Å². The van der Waals surface area contributed by atoms with E-state index in [1.54, 1.807) is 0 Å². The summed E-state index contributed by atoms with van der Waals surface area (Å²) in [7, 11) is 0. The number of benzene rings is 1. The summed E-state index contributed by atoms with van der Waals surface area (Å²) in [5.41, 5.74) is 3.83. The molecule has 0 spiro atoms. The Balaban J connectivity index is 3.12. The third kappa shape index (κ3) is 3.39. The Kier molecular flexibility index (Phi) is 4.51. The van der Waals surface area contributed by atoms with E-state index >= 15 is 0 Å². The predicted molar refractivity (Wildman–Crippen MR) is 83.6 cm³/mol. The molecule has 108 valence electrons. The average molecular weight is 262 g/mol. The van der Waals surface area contributed by atoms with Crippen molar-refractivity contribution in [3.63, 3.8) is 0 Å². The maximum Gasteiger partial charge on any atom is 0.0622 e. The number of rotatable bonds is 3. The highest BCUT2D eigenvalue weighted by Gasteiger charge is 2.38. The summed E-state index contributed by atoms with van der Waals surface area (Å²) in [5, 5.41) is 10.6. The van der Waals surface area contributed by atoms with Crippen molar-refractivity contribution in [2.24, 2.45) is 11.3 Å². The lowest BCUT2D eigenvalue weighted by Gasteiger charge is -2.41. The summed E-state index contributed by atoms with van der Waals surface area (Å²) in [6, 6.07) is 6.65. The number of aliphatic hydroxyl groups excluding tert-OH is 1. The second-order valence-electron chi connectivity index (χ2n) is 7.62. The van der Waals surface area contributed by atoms with Crippen LogP contribution >= 0.6 is 0 Å². The number of aliphatic hydroxyl groups is 1. The lowest BCUT2D eigenvalue weighted by atomic mass is 9.66. The van der Waals surface area contributed by atoms with Crippen molar-refractivity contribution in [1.82, 2.24) is 0 Å². The van der Waals surface area contributed by atoms with Gasteiger partial charge < -0.3 is 5.11 Å². The molecule has 0 aliphatic rings. The van der Waals surface area contributed by atoms with Gasteiger partial charge in [0.1, 0.15) is 0 Å². The fourth-order valence-electron chi connectivity index (χ4n) is 2.55. The Morgan fingerprint density at radius 2 is 1.47 bits per heavy atom. The average Bonchev–Trinajstić information content (AvgIpc) is 2.29. The summed E-state index contributed by atoms with van der Waals surface area (Å²) in [6.07, 6.45) is -0.316. The van der Waals surface area contributed by atoms with Gasteiger partial charge in [-0.15, -0.1) is 0 Å². The predicted octanol–water partition coefficient (Wildman–Crippen LogP) is 4.62. The normalized spacial score (nSPS) is 16.3. The first-order valence-electron chi connectivity index (χ1n) is 7.23. The summed E-state index contributed by atoms with van der Waals surface area (Å²) in [5.74, 6) is 0.203. The van der Waals surface area contributed by atoms with E-state index in [4.69, 9.17) is 0 Å². The molecule has 1 rings (SSSR count). The first-order valence-corrected chi connectivity index (χ1v) is 7.23. The molecule has 0 aliphatic heterocycles. The SMILES string of the molecule is Cc1ccc(C(C)(C)C(C)C(O)C(C)(C)C)cc1C. The Hall–Kier alpha value is -0.820. The lowest BCUT2D eigenvalue weighted by molar-refractivity contribution is -0.00720. The number of hydrogen-bond acceptors (Lipinski definition) is 1. The van der Waals surface area contributed by atoms with Gasteiger partial charge >= 0.3 is 0 Å². The van der Waals surface area contributed by atoms with E-state index in [9.17, 15) is 5.11 Å². The highest BCUT2D eigenvalue weighted by Crippen LogP contribution is 2.39. The Morgan fingerprint density at radius 3 is 1.89 bits per heavy atom. The summed E-state index contributed by atoms with van der Waals surface area (Å²) in [6.45, 7) is 17.2. The van der Waals surface area contributed by atoms with Crippen molar-refractivity contribution in [2.75, 3.05) is 0 Å². The van der Waals surface area contributed by atoms with Crippen molar-refractivity contribution >= 4 is 0 Å². The summed E-state index contributed by atoms with van der Waals surface area (Å²) in [4.78, 5) is 0. The van der Waals surface area contributed by atoms with Crippen LogP contribution in [-0.4, -0.2) is 11.2 Å². The van der Waals surface area contributed by atoms with Gasteiger partial charge in [0.05, 0.1) is 6.10 Å². The van der Waals surface area contributed by atoms with Crippen LogP contribution in [0.1, 0.15) is 58.2 Å². The molecule has 2 unspecified atom stereocenters. The first kappa shape index (κ1) is 16.2.